The first kappa shape index (κ1) is 27.9. The summed E-state index contributed by atoms with van der Waals surface area (Å²) in [7, 11) is 1.50. The Morgan fingerprint density at radius 1 is 1.10 bits per heavy atom. The van der Waals surface area contributed by atoms with Gasteiger partial charge in [0.1, 0.15) is 17.5 Å². The Bertz CT molecular complexity index is 1530. The lowest BCUT2D eigenvalue weighted by Crippen LogP contribution is -2.44. The number of H-pyrrole nitrogens is 1. The Labute approximate surface area is 241 Å². The minimum absolute atomic E-state index is 0.0159. The molecule has 1 aliphatic rings. The number of hydrogen-bond donors (Lipinski definition) is 2. The quantitative estimate of drug-likeness (QED) is 0.294. The molecule has 0 unspecified atom stereocenters. The van der Waals surface area contributed by atoms with Crippen LogP contribution in [0.2, 0.25) is 5.02 Å². The molecule has 0 spiro atoms. The van der Waals surface area contributed by atoms with Crippen molar-refractivity contribution in [3.05, 3.63) is 47.8 Å². The fraction of sp³-hybridized carbons (Fsp3) is 0.370. The molecule has 0 atom stereocenters. The molecule has 0 bridgehead atoms. The summed E-state index contributed by atoms with van der Waals surface area (Å²) in [6.45, 7) is 1.98. The van der Waals surface area contributed by atoms with Gasteiger partial charge in [0.15, 0.2) is 5.82 Å². The highest BCUT2D eigenvalue weighted by molar-refractivity contribution is 6.32. The Morgan fingerprint density at radius 2 is 1.88 bits per heavy atom. The first-order valence-electron chi connectivity index (χ1n) is 13.2. The number of rotatable bonds is 9. The van der Waals surface area contributed by atoms with E-state index in [0.29, 0.717) is 51.4 Å². The minimum atomic E-state index is -0.0159. The van der Waals surface area contributed by atoms with Crippen LogP contribution in [0.1, 0.15) is 51.0 Å². The van der Waals surface area contributed by atoms with Gasteiger partial charge in [-0.25, -0.2) is 24.9 Å². The van der Waals surface area contributed by atoms with E-state index < -0.39 is 0 Å². The lowest BCUT2D eigenvalue weighted by atomic mass is 9.90. The molecule has 13 nitrogen and oxygen atoms in total. The van der Waals surface area contributed by atoms with Crippen molar-refractivity contribution in [1.82, 2.24) is 40.1 Å². The van der Waals surface area contributed by atoms with Crippen LogP contribution in [-0.2, 0) is 4.79 Å². The van der Waals surface area contributed by atoms with Gasteiger partial charge in [-0.3, -0.25) is 19.8 Å². The third kappa shape index (κ3) is 6.22. The van der Waals surface area contributed by atoms with Crippen molar-refractivity contribution in [2.45, 2.75) is 57.5 Å². The van der Waals surface area contributed by atoms with Gasteiger partial charge in [0.05, 0.1) is 48.2 Å². The van der Waals surface area contributed by atoms with E-state index in [1.165, 1.54) is 19.5 Å². The van der Waals surface area contributed by atoms with Gasteiger partial charge in [0.2, 0.25) is 11.9 Å². The second-order valence-electron chi connectivity index (χ2n) is 9.54. The summed E-state index contributed by atoms with van der Waals surface area (Å²) in [5.74, 6) is 0.945. The van der Waals surface area contributed by atoms with Crippen LogP contribution in [-0.4, -0.2) is 65.2 Å². The van der Waals surface area contributed by atoms with Gasteiger partial charge in [-0.2, -0.15) is 10.4 Å². The van der Waals surface area contributed by atoms with E-state index in [0.717, 1.165) is 32.1 Å². The number of ether oxygens (including phenoxy) is 1. The second kappa shape index (κ2) is 12.6. The number of nitrogens with one attached hydrogen (secondary N) is 2. The normalized spacial score (nSPS) is 16.5. The van der Waals surface area contributed by atoms with E-state index in [1.807, 2.05) is 6.92 Å². The fourth-order valence-corrected chi connectivity index (χ4v) is 5.00. The van der Waals surface area contributed by atoms with E-state index in [1.54, 1.807) is 29.7 Å². The molecule has 14 heteroatoms. The van der Waals surface area contributed by atoms with Crippen LogP contribution >= 0.6 is 11.6 Å². The van der Waals surface area contributed by atoms with E-state index in [4.69, 9.17) is 16.3 Å². The van der Waals surface area contributed by atoms with Crippen LogP contribution in [0, 0.1) is 11.3 Å². The number of carbonyl (C=O) groups excluding carboxylic acids is 1. The molecule has 4 heterocycles. The minimum Gasteiger partial charge on any atom is -0.467 e. The molecule has 0 aliphatic heterocycles. The van der Waals surface area contributed by atoms with Crippen molar-refractivity contribution in [1.29, 1.82) is 5.26 Å². The zero-order valence-corrected chi connectivity index (χ0v) is 23.3. The highest BCUT2D eigenvalue weighted by Crippen LogP contribution is 2.31. The number of halogens is 1. The Morgan fingerprint density at radius 3 is 2.49 bits per heavy atom. The molecule has 1 amide bonds. The molecule has 4 aromatic heterocycles. The maximum atomic E-state index is 13.2. The average Bonchev–Trinajstić information content (AvgIpc) is 3.44. The van der Waals surface area contributed by atoms with Crippen molar-refractivity contribution < 1.29 is 9.53 Å². The standard InChI is InChI=1S/C27H28ClN11O2/c1-3-4-23(40)39(22-15-30-21(14-31-22)17-11-33-27(41-2)34-12-17)19-7-5-18(6-8-19)36-26-32-10-16(9-29)24(37-26)25-20(28)13-35-38-25/h10-15,18-19H,3-8H2,1-2H3,(H,35,38)(H,32,36,37). The van der Waals surface area contributed by atoms with Gasteiger partial charge in [0, 0.05) is 36.5 Å². The molecule has 41 heavy (non-hydrogen) atoms. The zero-order chi connectivity index (χ0) is 28.8. The van der Waals surface area contributed by atoms with Gasteiger partial charge in [-0.15, -0.1) is 0 Å². The molecule has 210 valence electrons. The van der Waals surface area contributed by atoms with Crippen molar-refractivity contribution in [3.8, 4) is 34.7 Å². The summed E-state index contributed by atoms with van der Waals surface area (Å²) in [5.41, 5.74) is 2.45. The Hall–Kier alpha value is -4.70. The van der Waals surface area contributed by atoms with E-state index >= 15 is 0 Å². The van der Waals surface area contributed by atoms with E-state index in [9.17, 15) is 10.1 Å². The Balaban J connectivity index is 1.28. The molecule has 4 aromatic rings. The van der Waals surface area contributed by atoms with Gasteiger partial charge in [0.25, 0.3) is 0 Å². The summed E-state index contributed by atoms with van der Waals surface area (Å²) in [6.07, 6.45) is 13.7. The molecular weight excluding hydrogens is 546 g/mol. The van der Waals surface area contributed by atoms with Gasteiger partial charge < -0.3 is 10.1 Å². The highest BCUT2D eigenvalue weighted by Gasteiger charge is 2.31. The van der Waals surface area contributed by atoms with Crippen LogP contribution in [0.3, 0.4) is 0 Å². The van der Waals surface area contributed by atoms with E-state index in [2.05, 4.69) is 51.5 Å². The number of carbonyl (C=O) groups is 1. The molecule has 0 aromatic carbocycles. The fourth-order valence-electron chi connectivity index (χ4n) is 4.82. The lowest BCUT2D eigenvalue weighted by Gasteiger charge is -2.36. The second-order valence-corrected chi connectivity index (χ2v) is 9.95. The van der Waals surface area contributed by atoms with Gasteiger partial charge in [-0.05, 0) is 32.1 Å². The zero-order valence-electron chi connectivity index (χ0n) is 22.6. The highest BCUT2D eigenvalue weighted by atomic mass is 35.5. The topological polar surface area (TPSA) is 171 Å². The number of methoxy groups -OCH3 is 1. The molecule has 0 radical (unpaired) electrons. The first-order chi connectivity index (χ1) is 20.0. The molecule has 2 N–H and O–H groups in total. The monoisotopic (exact) mass is 573 g/mol. The van der Waals surface area contributed by atoms with Crippen LogP contribution < -0.4 is 15.0 Å². The molecule has 0 saturated heterocycles. The largest absolute Gasteiger partial charge is 0.467 e. The van der Waals surface area contributed by atoms with Crippen molar-refractivity contribution >= 4 is 29.3 Å². The molecule has 1 aliphatic carbocycles. The maximum absolute atomic E-state index is 13.2. The lowest BCUT2D eigenvalue weighted by molar-refractivity contribution is -0.119. The van der Waals surface area contributed by atoms with Crippen molar-refractivity contribution in [3.63, 3.8) is 0 Å². The SMILES string of the molecule is CCCC(=O)N(c1cnc(-c2cnc(OC)nc2)cn1)C1CCC(Nc2ncc(C#N)c(-c3[nH]ncc3Cl)n2)CC1. The van der Waals surface area contributed by atoms with Gasteiger partial charge >= 0.3 is 6.01 Å². The number of nitriles is 1. The summed E-state index contributed by atoms with van der Waals surface area (Å²) in [6, 6.07) is 2.44. The van der Waals surface area contributed by atoms with Crippen molar-refractivity contribution in [2.75, 3.05) is 17.3 Å². The average molecular weight is 574 g/mol. The number of amides is 1. The molecule has 1 fully saturated rings. The molecule has 5 rings (SSSR count). The van der Waals surface area contributed by atoms with E-state index in [-0.39, 0.29) is 24.0 Å². The molecule has 1 saturated carbocycles. The van der Waals surface area contributed by atoms with Crippen molar-refractivity contribution in [2.24, 2.45) is 0 Å². The van der Waals surface area contributed by atoms with Crippen LogP contribution in [0.15, 0.2) is 37.2 Å². The smallest absolute Gasteiger partial charge is 0.316 e. The molecular formula is C27H28ClN11O2. The summed E-state index contributed by atoms with van der Waals surface area (Å²) < 4.78 is 5.01. The summed E-state index contributed by atoms with van der Waals surface area (Å²) in [4.78, 5) is 41.2. The predicted molar refractivity (Wildman–Crippen MR) is 151 cm³/mol. The number of nitrogens with zero attached hydrogens (tertiary/aromatic N) is 9. The summed E-state index contributed by atoms with van der Waals surface area (Å²) in [5, 5.41) is 20.0. The first-order valence-corrected chi connectivity index (χ1v) is 13.6. The third-order valence-corrected chi connectivity index (χ3v) is 7.14. The number of aromatic nitrogens is 8. The summed E-state index contributed by atoms with van der Waals surface area (Å²) >= 11 is 6.21. The number of aromatic amines is 1. The Kier molecular flexibility index (Phi) is 8.59. The maximum Gasteiger partial charge on any atom is 0.316 e. The van der Waals surface area contributed by atoms with Crippen LogP contribution in [0.25, 0.3) is 22.6 Å². The van der Waals surface area contributed by atoms with Crippen LogP contribution in [0.5, 0.6) is 6.01 Å². The predicted octanol–water partition coefficient (Wildman–Crippen LogP) is 4.20. The number of hydrogen-bond acceptors (Lipinski definition) is 11. The van der Waals surface area contributed by atoms with Crippen LogP contribution in [0.4, 0.5) is 11.8 Å². The third-order valence-electron chi connectivity index (χ3n) is 6.86. The van der Waals surface area contributed by atoms with Gasteiger partial charge in [-0.1, -0.05) is 18.5 Å². The number of anilines is 2.